The Bertz CT molecular complexity index is 524. The zero-order valence-electron chi connectivity index (χ0n) is 9.23. The number of nitrogens with one attached hydrogen (secondary N) is 1. The van der Waals surface area contributed by atoms with Gasteiger partial charge in [0.2, 0.25) is 0 Å². The summed E-state index contributed by atoms with van der Waals surface area (Å²) in [5, 5.41) is 4.50. The molecule has 0 bridgehead atoms. The van der Waals surface area contributed by atoms with Crippen LogP contribution in [0.1, 0.15) is 12.5 Å². The number of fused-ring (bicyclic) bond motifs is 2. The van der Waals surface area contributed by atoms with Crippen molar-refractivity contribution in [1.29, 1.82) is 0 Å². The van der Waals surface area contributed by atoms with E-state index in [0.717, 1.165) is 29.7 Å². The number of rotatable bonds is 0. The highest BCUT2D eigenvalue weighted by atomic mass is 16.5. The van der Waals surface area contributed by atoms with Gasteiger partial charge in [0.15, 0.2) is 0 Å². The zero-order valence-corrected chi connectivity index (χ0v) is 9.23. The van der Waals surface area contributed by atoms with Crippen molar-refractivity contribution in [3.63, 3.8) is 0 Å². The van der Waals surface area contributed by atoms with Gasteiger partial charge in [0.25, 0.3) is 0 Å². The van der Waals surface area contributed by atoms with Gasteiger partial charge in [-0.25, -0.2) is 0 Å². The molecule has 82 valence electrons. The van der Waals surface area contributed by atoms with Crippen LogP contribution < -0.4 is 10.1 Å². The number of aromatic nitrogens is 1. The molecule has 0 fully saturated rings. The highest BCUT2D eigenvalue weighted by molar-refractivity contribution is 5.81. The number of benzene rings is 1. The van der Waals surface area contributed by atoms with Crippen LogP contribution in [-0.2, 0) is 6.54 Å². The third-order valence-electron chi connectivity index (χ3n) is 2.86. The van der Waals surface area contributed by atoms with Crippen LogP contribution in [-0.4, -0.2) is 17.6 Å². The smallest absolute Gasteiger partial charge is 0.125 e. The van der Waals surface area contributed by atoms with Crippen molar-refractivity contribution in [2.75, 3.05) is 6.54 Å². The first-order chi connectivity index (χ1) is 7.83. The summed E-state index contributed by atoms with van der Waals surface area (Å²) in [4.78, 5) is 4.36. The normalized spacial score (nSPS) is 19.9. The second-order valence-electron chi connectivity index (χ2n) is 4.22. The molecule has 16 heavy (non-hydrogen) atoms. The first kappa shape index (κ1) is 9.60. The molecule has 0 saturated carbocycles. The molecule has 1 atom stereocenters. The lowest BCUT2D eigenvalue weighted by Gasteiger charge is -2.12. The topological polar surface area (TPSA) is 34.2 Å². The van der Waals surface area contributed by atoms with Crippen LogP contribution in [0.25, 0.3) is 10.9 Å². The van der Waals surface area contributed by atoms with Gasteiger partial charge >= 0.3 is 0 Å². The monoisotopic (exact) mass is 214 g/mol. The summed E-state index contributed by atoms with van der Waals surface area (Å²) in [6, 6.07) is 8.21. The minimum absolute atomic E-state index is 0.218. The number of pyridine rings is 1. The van der Waals surface area contributed by atoms with Crippen LogP contribution >= 0.6 is 0 Å². The molecule has 0 radical (unpaired) electrons. The van der Waals surface area contributed by atoms with E-state index in [4.69, 9.17) is 4.74 Å². The average molecular weight is 214 g/mol. The summed E-state index contributed by atoms with van der Waals surface area (Å²) in [7, 11) is 0. The highest BCUT2D eigenvalue weighted by Gasteiger charge is 2.14. The number of hydrogen-bond donors (Lipinski definition) is 1. The second-order valence-corrected chi connectivity index (χ2v) is 4.22. The van der Waals surface area contributed by atoms with E-state index in [9.17, 15) is 0 Å². The molecule has 0 amide bonds. The molecule has 0 saturated heterocycles. The van der Waals surface area contributed by atoms with Gasteiger partial charge in [-0.1, -0.05) is 6.07 Å². The van der Waals surface area contributed by atoms with E-state index in [2.05, 4.69) is 35.4 Å². The second kappa shape index (κ2) is 3.76. The van der Waals surface area contributed by atoms with Crippen molar-refractivity contribution in [2.24, 2.45) is 0 Å². The SMILES string of the molecule is C[C@@H]1CNCc2cc3ncccc3cc2O1. The first-order valence-electron chi connectivity index (χ1n) is 5.58. The molecular formula is C13H14N2O. The predicted molar refractivity (Wildman–Crippen MR) is 63.5 cm³/mol. The fourth-order valence-corrected chi connectivity index (χ4v) is 2.06. The van der Waals surface area contributed by atoms with E-state index in [1.54, 1.807) is 0 Å². The molecule has 2 aromatic rings. The molecule has 2 heterocycles. The summed E-state index contributed by atoms with van der Waals surface area (Å²) in [6.07, 6.45) is 2.04. The van der Waals surface area contributed by atoms with Gasteiger partial charge in [0.1, 0.15) is 11.9 Å². The van der Waals surface area contributed by atoms with Crippen LogP contribution in [0.2, 0.25) is 0 Å². The van der Waals surface area contributed by atoms with E-state index < -0.39 is 0 Å². The van der Waals surface area contributed by atoms with E-state index in [-0.39, 0.29) is 6.10 Å². The Balaban J connectivity index is 2.16. The molecule has 3 nitrogen and oxygen atoms in total. The fraction of sp³-hybridized carbons (Fsp3) is 0.308. The zero-order chi connectivity index (χ0) is 11.0. The lowest BCUT2D eigenvalue weighted by atomic mass is 10.1. The van der Waals surface area contributed by atoms with Gasteiger partial charge in [-0.2, -0.15) is 0 Å². The summed E-state index contributed by atoms with van der Waals surface area (Å²) in [5.41, 5.74) is 2.22. The van der Waals surface area contributed by atoms with Gasteiger partial charge in [0.05, 0.1) is 5.52 Å². The summed E-state index contributed by atoms with van der Waals surface area (Å²) >= 11 is 0. The molecule has 3 heteroatoms. The maximum absolute atomic E-state index is 5.87. The standard InChI is InChI=1S/C13H14N2O/c1-9-7-14-8-11-5-12-10(3-2-4-15-12)6-13(11)16-9/h2-6,9,14H,7-8H2,1H3/t9-/m1/s1. The van der Waals surface area contributed by atoms with Gasteiger partial charge < -0.3 is 10.1 Å². The minimum Gasteiger partial charge on any atom is -0.489 e. The number of nitrogens with zero attached hydrogens (tertiary/aromatic N) is 1. The Hall–Kier alpha value is -1.61. The Kier molecular flexibility index (Phi) is 2.26. The van der Waals surface area contributed by atoms with Crippen LogP contribution in [0.5, 0.6) is 5.75 Å². The van der Waals surface area contributed by atoms with Crippen molar-refractivity contribution >= 4 is 10.9 Å². The Morgan fingerprint density at radius 2 is 2.38 bits per heavy atom. The van der Waals surface area contributed by atoms with Crippen LogP contribution in [0.15, 0.2) is 30.5 Å². The van der Waals surface area contributed by atoms with E-state index >= 15 is 0 Å². The van der Waals surface area contributed by atoms with Gasteiger partial charge in [-0.15, -0.1) is 0 Å². The molecule has 1 aliphatic rings. The Morgan fingerprint density at radius 1 is 1.44 bits per heavy atom. The fourth-order valence-electron chi connectivity index (χ4n) is 2.06. The van der Waals surface area contributed by atoms with Crippen molar-refractivity contribution in [1.82, 2.24) is 10.3 Å². The van der Waals surface area contributed by atoms with Crippen molar-refractivity contribution < 1.29 is 4.74 Å². The molecule has 1 aromatic heterocycles. The first-order valence-corrected chi connectivity index (χ1v) is 5.58. The quantitative estimate of drug-likeness (QED) is 0.729. The maximum atomic E-state index is 5.87. The third kappa shape index (κ3) is 1.63. The molecule has 3 rings (SSSR count). The summed E-state index contributed by atoms with van der Waals surface area (Å²) < 4.78 is 5.87. The van der Waals surface area contributed by atoms with Crippen molar-refractivity contribution in [2.45, 2.75) is 19.6 Å². The molecular weight excluding hydrogens is 200 g/mol. The van der Waals surface area contributed by atoms with E-state index in [0.29, 0.717) is 0 Å². The van der Waals surface area contributed by atoms with E-state index in [1.807, 2.05) is 12.3 Å². The van der Waals surface area contributed by atoms with E-state index in [1.165, 1.54) is 5.56 Å². The molecule has 0 unspecified atom stereocenters. The average Bonchev–Trinajstić information content (AvgIpc) is 2.46. The number of hydrogen-bond acceptors (Lipinski definition) is 3. The summed E-state index contributed by atoms with van der Waals surface area (Å²) in [5.74, 6) is 0.984. The van der Waals surface area contributed by atoms with Gasteiger partial charge in [-0.3, -0.25) is 4.98 Å². The van der Waals surface area contributed by atoms with Crippen LogP contribution in [0.3, 0.4) is 0 Å². The number of ether oxygens (including phenoxy) is 1. The van der Waals surface area contributed by atoms with Crippen molar-refractivity contribution in [3.8, 4) is 5.75 Å². The Morgan fingerprint density at radius 3 is 3.31 bits per heavy atom. The van der Waals surface area contributed by atoms with Gasteiger partial charge in [-0.05, 0) is 25.1 Å². The molecule has 1 aliphatic heterocycles. The maximum Gasteiger partial charge on any atom is 0.125 e. The lowest BCUT2D eigenvalue weighted by Crippen LogP contribution is -2.24. The molecule has 0 spiro atoms. The third-order valence-corrected chi connectivity index (χ3v) is 2.86. The van der Waals surface area contributed by atoms with Crippen molar-refractivity contribution in [3.05, 3.63) is 36.0 Å². The summed E-state index contributed by atoms with van der Waals surface area (Å²) in [6.45, 7) is 3.82. The molecule has 1 aromatic carbocycles. The van der Waals surface area contributed by atoms with Crippen LogP contribution in [0, 0.1) is 0 Å². The largest absolute Gasteiger partial charge is 0.489 e. The minimum atomic E-state index is 0.218. The van der Waals surface area contributed by atoms with Crippen LogP contribution in [0.4, 0.5) is 0 Å². The highest BCUT2D eigenvalue weighted by Crippen LogP contribution is 2.27. The molecule has 1 N–H and O–H groups in total. The lowest BCUT2D eigenvalue weighted by molar-refractivity contribution is 0.227. The molecule has 0 aliphatic carbocycles. The van der Waals surface area contributed by atoms with Gasteiger partial charge in [0, 0.05) is 30.2 Å². The Labute approximate surface area is 94.5 Å². The predicted octanol–water partition coefficient (Wildman–Crippen LogP) is 2.11.